The van der Waals surface area contributed by atoms with E-state index >= 15 is 0 Å². The molecule has 0 spiro atoms. The Kier molecular flexibility index (Phi) is 6.00. The molecular formula is C17H29N3O. The third-order valence-electron chi connectivity index (χ3n) is 4.05. The SMILES string of the molecule is CCOC1CCN(c2ccc(CNC(C)C)c(C)n2)CC1. The number of piperidine rings is 1. The summed E-state index contributed by atoms with van der Waals surface area (Å²) in [5.41, 5.74) is 2.42. The number of anilines is 1. The van der Waals surface area contributed by atoms with Crippen molar-refractivity contribution in [2.75, 3.05) is 24.6 Å². The summed E-state index contributed by atoms with van der Waals surface area (Å²) in [6.45, 7) is 12.3. The zero-order valence-corrected chi connectivity index (χ0v) is 13.9. The smallest absolute Gasteiger partial charge is 0.128 e. The van der Waals surface area contributed by atoms with E-state index < -0.39 is 0 Å². The van der Waals surface area contributed by atoms with Crippen LogP contribution in [0.2, 0.25) is 0 Å². The molecule has 118 valence electrons. The van der Waals surface area contributed by atoms with Crippen molar-refractivity contribution < 1.29 is 4.74 Å². The van der Waals surface area contributed by atoms with Gasteiger partial charge in [-0.1, -0.05) is 19.9 Å². The molecule has 2 heterocycles. The second-order valence-electron chi connectivity index (χ2n) is 6.09. The maximum Gasteiger partial charge on any atom is 0.128 e. The quantitative estimate of drug-likeness (QED) is 0.874. The number of aryl methyl sites for hydroxylation is 1. The highest BCUT2D eigenvalue weighted by molar-refractivity contribution is 5.42. The molecule has 1 aromatic heterocycles. The summed E-state index contributed by atoms with van der Waals surface area (Å²) in [4.78, 5) is 7.17. The lowest BCUT2D eigenvalue weighted by atomic mass is 10.1. The molecule has 1 fully saturated rings. The third kappa shape index (κ3) is 4.68. The van der Waals surface area contributed by atoms with Gasteiger partial charge in [0.2, 0.25) is 0 Å². The van der Waals surface area contributed by atoms with Crippen molar-refractivity contribution in [3.8, 4) is 0 Å². The Morgan fingerprint density at radius 3 is 2.62 bits per heavy atom. The Labute approximate surface area is 128 Å². The van der Waals surface area contributed by atoms with E-state index in [4.69, 9.17) is 9.72 Å². The first-order valence-electron chi connectivity index (χ1n) is 8.16. The second kappa shape index (κ2) is 7.76. The van der Waals surface area contributed by atoms with Gasteiger partial charge in [0.15, 0.2) is 0 Å². The Morgan fingerprint density at radius 2 is 2.05 bits per heavy atom. The average Bonchev–Trinajstić information content (AvgIpc) is 2.47. The lowest BCUT2D eigenvalue weighted by Gasteiger charge is -2.32. The molecule has 4 nitrogen and oxygen atoms in total. The largest absolute Gasteiger partial charge is 0.378 e. The fourth-order valence-electron chi connectivity index (χ4n) is 2.74. The molecule has 1 N–H and O–H groups in total. The van der Waals surface area contributed by atoms with Crippen LogP contribution in [0.1, 0.15) is 44.9 Å². The predicted molar refractivity (Wildman–Crippen MR) is 87.8 cm³/mol. The number of rotatable bonds is 6. The molecule has 1 aliphatic heterocycles. The fraction of sp³-hybridized carbons (Fsp3) is 0.706. The molecule has 0 amide bonds. The van der Waals surface area contributed by atoms with E-state index in [1.54, 1.807) is 0 Å². The van der Waals surface area contributed by atoms with Gasteiger partial charge in [-0.25, -0.2) is 4.98 Å². The molecule has 4 heteroatoms. The summed E-state index contributed by atoms with van der Waals surface area (Å²) >= 11 is 0. The summed E-state index contributed by atoms with van der Waals surface area (Å²) in [6.07, 6.45) is 2.64. The topological polar surface area (TPSA) is 37.4 Å². The van der Waals surface area contributed by atoms with Gasteiger partial charge in [-0.05, 0) is 38.3 Å². The number of ether oxygens (including phenoxy) is 1. The summed E-state index contributed by atoms with van der Waals surface area (Å²) in [6, 6.07) is 4.87. The molecule has 0 aliphatic carbocycles. The minimum absolute atomic E-state index is 0.432. The van der Waals surface area contributed by atoms with Crippen molar-refractivity contribution >= 4 is 5.82 Å². The average molecular weight is 291 g/mol. The normalized spacial score (nSPS) is 16.7. The van der Waals surface area contributed by atoms with Crippen LogP contribution in [0, 0.1) is 6.92 Å². The van der Waals surface area contributed by atoms with Gasteiger partial charge >= 0.3 is 0 Å². The lowest BCUT2D eigenvalue weighted by Crippen LogP contribution is -2.37. The minimum Gasteiger partial charge on any atom is -0.378 e. The monoisotopic (exact) mass is 291 g/mol. The molecule has 2 rings (SSSR count). The summed E-state index contributed by atoms with van der Waals surface area (Å²) in [5, 5.41) is 3.45. The van der Waals surface area contributed by atoms with E-state index in [0.29, 0.717) is 12.1 Å². The van der Waals surface area contributed by atoms with Crippen LogP contribution in [0.5, 0.6) is 0 Å². The highest BCUT2D eigenvalue weighted by Gasteiger charge is 2.20. The molecule has 0 atom stereocenters. The van der Waals surface area contributed by atoms with Crippen LogP contribution in [0.3, 0.4) is 0 Å². The molecule has 0 radical (unpaired) electrons. The van der Waals surface area contributed by atoms with Gasteiger partial charge in [-0.3, -0.25) is 0 Å². The molecular weight excluding hydrogens is 262 g/mol. The third-order valence-corrected chi connectivity index (χ3v) is 4.05. The zero-order chi connectivity index (χ0) is 15.2. The lowest BCUT2D eigenvalue weighted by molar-refractivity contribution is 0.0458. The highest BCUT2D eigenvalue weighted by Crippen LogP contribution is 2.21. The standard InChI is InChI=1S/C17H29N3O/c1-5-21-16-8-10-20(11-9-16)17-7-6-15(14(4)19-17)12-18-13(2)3/h6-7,13,16,18H,5,8-12H2,1-4H3. The van der Waals surface area contributed by atoms with E-state index in [1.165, 1.54) is 5.56 Å². The molecule has 1 aromatic rings. The first-order valence-corrected chi connectivity index (χ1v) is 8.16. The number of hydrogen-bond donors (Lipinski definition) is 1. The summed E-state index contributed by atoms with van der Waals surface area (Å²) < 4.78 is 5.71. The van der Waals surface area contributed by atoms with E-state index in [0.717, 1.165) is 50.6 Å². The van der Waals surface area contributed by atoms with Gasteiger partial charge in [0.25, 0.3) is 0 Å². The molecule has 1 aliphatic rings. The minimum atomic E-state index is 0.432. The van der Waals surface area contributed by atoms with E-state index in [1.807, 2.05) is 0 Å². The van der Waals surface area contributed by atoms with Gasteiger partial charge in [0, 0.05) is 38.0 Å². The van der Waals surface area contributed by atoms with Crippen LogP contribution in [0.25, 0.3) is 0 Å². The molecule has 0 saturated carbocycles. The van der Waals surface area contributed by atoms with Crippen molar-refractivity contribution in [3.63, 3.8) is 0 Å². The van der Waals surface area contributed by atoms with Crippen LogP contribution in [0.4, 0.5) is 5.82 Å². The van der Waals surface area contributed by atoms with Crippen LogP contribution < -0.4 is 10.2 Å². The number of nitrogens with zero attached hydrogens (tertiary/aromatic N) is 2. The number of pyridine rings is 1. The van der Waals surface area contributed by atoms with Crippen molar-refractivity contribution in [3.05, 3.63) is 23.4 Å². The van der Waals surface area contributed by atoms with Crippen LogP contribution in [-0.4, -0.2) is 36.8 Å². The van der Waals surface area contributed by atoms with Gasteiger partial charge in [-0.2, -0.15) is 0 Å². The van der Waals surface area contributed by atoms with Crippen LogP contribution in [0.15, 0.2) is 12.1 Å². The maximum atomic E-state index is 5.71. The van der Waals surface area contributed by atoms with Gasteiger partial charge in [0.1, 0.15) is 5.82 Å². The molecule has 0 aromatic carbocycles. The van der Waals surface area contributed by atoms with Crippen molar-refractivity contribution in [2.24, 2.45) is 0 Å². The molecule has 21 heavy (non-hydrogen) atoms. The van der Waals surface area contributed by atoms with E-state index in [-0.39, 0.29) is 0 Å². The number of nitrogens with one attached hydrogen (secondary N) is 1. The Hall–Kier alpha value is -1.13. The van der Waals surface area contributed by atoms with Crippen molar-refractivity contribution in [2.45, 2.75) is 59.2 Å². The zero-order valence-electron chi connectivity index (χ0n) is 13.9. The Bertz CT molecular complexity index is 440. The highest BCUT2D eigenvalue weighted by atomic mass is 16.5. The molecule has 0 bridgehead atoms. The first kappa shape index (κ1) is 16.2. The Morgan fingerprint density at radius 1 is 1.33 bits per heavy atom. The fourth-order valence-corrected chi connectivity index (χ4v) is 2.74. The molecule has 1 saturated heterocycles. The van der Waals surface area contributed by atoms with Crippen molar-refractivity contribution in [1.29, 1.82) is 0 Å². The van der Waals surface area contributed by atoms with Crippen LogP contribution >= 0.6 is 0 Å². The van der Waals surface area contributed by atoms with Gasteiger partial charge in [-0.15, -0.1) is 0 Å². The van der Waals surface area contributed by atoms with E-state index in [2.05, 4.69) is 50.0 Å². The molecule has 0 unspecified atom stereocenters. The number of hydrogen-bond acceptors (Lipinski definition) is 4. The van der Waals surface area contributed by atoms with Gasteiger partial charge < -0.3 is 15.0 Å². The van der Waals surface area contributed by atoms with E-state index in [9.17, 15) is 0 Å². The summed E-state index contributed by atoms with van der Waals surface area (Å²) in [5.74, 6) is 1.11. The number of aromatic nitrogens is 1. The predicted octanol–water partition coefficient (Wildman–Crippen LogP) is 2.89. The summed E-state index contributed by atoms with van der Waals surface area (Å²) in [7, 11) is 0. The van der Waals surface area contributed by atoms with Crippen molar-refractivity contribution in [1.82, 2.24) is 10.3 Å². The van der Waals surface area contributed by atoms with Crippen LogP contribution in [-0.2, 0) is 11.3 Å². The first-order chi connectivity index (χ1) is 10.1. The van der Waals surface area contributed by atoms with Gasteiger partial charge in [0.05, 0.1) is 6.10 Å². The maximum absolute atomic E-state index is 5.71. The second-order valence-corrected chi connectivity index (χ2v) is 6.09. The Balaban J connectivity index is 1.94.